The van der Waals surface area contributed by atoms with Crippen LogP contribution in [-0.2, 0) is 10.8 Å². The fourth-order valence-electron chi connectivity index (χ4n) is 13.2. The molecule has 338 valence electrons. The van der Waals surface area contributed by atoms with Crippen LogP contribution >= 0.6 is 0 Å². The monoisotopic (exact) mass is 917 g/mol. The molecule has 1 atom stereocenters. The highest BCUT2D eigenvalue weighted by atomic mass is 16.3. The van der Waals surface area contributed by atoms with Crippen molar-refractivity contribution in [2.45, 2.75) is 24.7 Å². The zero-order valence-electron chi connectivity index (χ0n) is 40.0. The first-order valence-corrected chi connectivity index (χ1v) is 25.2. The fourth-order valence-corrected chi connectivity index (χ4v) is 13.2. The number of hydrogen-bond acceptors (Lipinski definition) is 2. The van der Waals surface area contributed by atoms with E-state index in [2.05, 4.69) is 267 Å². The van der Waals surface area contributed by atoms with Crippen molar-refractivity contribution in [3.8, 4) is 66.8 Å². The first-order valence-electron chi connectivity index (χ1n) is 25.2. The van der Waals surface area contributed by atoms with Crippen molar-refractivity contribution in [1.82, 2.24) is 0 Å². The van der Waals surface area contributed by atoms with Gasteiger partial charge in [-0.15, -0.1) is 0 Å². The van der Waals surface area contributed by atoms with E-state index in [4.69, 9.17) is 4.42 Å². The molecular weight excluding hydrogens is 871 g/mol. The first-order chi connectivity index (χ1) is 35.5. The van der Waals surface area contributed by atoms with Gasteiger partial charge in [0.05, 0.1) is 11.1 Å². The van der Waals surface area contributed by atoms with Crippen LogP contribution in [0.25, 0.3) is 88.7 Å². The number of anilines is 3. The van der Waals surface area contributed by atoms with Gasteiger partial charge in [-0.05, 0) is 114 Å². The number of nitrogens with zero attached hydrogens (tertiary/aromatic N) is 1. The Morgan fingerprint density at radius 1 is 0.306 bits per heavy atom. The second-order valence-corrected chi connectivity index (χ2v) is 20.3. The molecule has 1 heterocycles. The standard InChI is InChI=1S/C70H47NO/c1-69(2)58-31-12-9-23-52(58)53-42-41-48(43-63(53)69)71(47-39-37-46(38-40-47)51-28-16-30-55-54-29-15-27-50(67(54)72-68(51)55)45-21-7-4-8-22-45)64-36-18-35-62-66(64)57-25-11-14-33-60(57)70(62)59-32-13-10-24-56(59)65-49(26-17-34-61(65)70)44-19-5-3-6-20-44/h3-43H,1-2H3. The third-order valence-electron chi connectivity index (χ3n) is 16.3. The van der Waals surface area contributed by atoms with E-state index in [1.807, 2.05) is 0 Å². The van der Waals surface area contributed by atoms with Gasteiger partial charge in [0.1, 0.15) is 11.2 Å². The third kappa shape index (κ3) is 5.55. The van der Waals surface area contributed by atoms with Crippen LogP contribution < -0.4 is 4.90 Å². The smallest absolute Gasteiger partial charge is 0.143 e. The van der Waals surface area contributed by atoms with Crippen molar-refractivity contribution in [3.63, 3.8) is 0 Å². The van der Waals surface area contributed by atoms with Crippen molar-refractivity contribution in [2.24, 2.45) is 0 Å². The number of fused-ring (bicyclic) bond motifs is 16. The summed E-state index contributed by atoms with van der Waals surface area (Å²) in [5, 5.41) is 2.24. The SMILES string of the molecule is CC1(C)c2ccccc2-c2ccc(N(c3ccc(-c4cccc5c4oc4c(-c6ccccc6)cccc45)cc3)c3cccc4c3-c3ccccc3C43c4ccccc4-c4c(-c5ccccc5)cccc43)cc21. The number of hydrogen-bond donors (Lipinski definition) is 0. The maximum atomic E-state index is 6.93. The molecule has 0 fully saturated rings. The van der Waals surface area contributed by atoms with Gasteiger partial charge in [-0.3, -0.25) is 0 Å². The molecule has 0 aliphatic heterocycles. The Bertz CT molecular complexity index is 4180. The average Bonchev–Trinajstić information content (AvgIpc) is 4.14. The molecule has 12 aromatic rings. The maximum absolute atomic E-state index is 6.93. The molecule has 3 aliphatic carbocycles. The van der Waals surface area contributed by atoms with Crippen LogP contribution in [0.3, 0.4) is 0 Å². The topological polar surface area (TPSA) is 16.4 Å². The van der Waals surface area contributed by atoms with Gasteiger partial charge in [-0.2, -0.15) is 0 Å². The summed E-state index contributed by atoms with van der Waals surface area (Å²) in [4.78, 5) is 2.52. The Morgan fingerprint density at radius 3 is 1.40 bits per heavy atom. The molecule has 0 bridgehead atoms. The fraction of sp³-hybridized carbons (Fsp3) is 0.0571. The molecule has 1 unspecified atom stereocenters. The minimum Gasteiger partial charge on any atom is -0.455 e. The molecule has 0 radical (unpaired) electrons. The van der Waals surface area contributed by atoms with Gasteiger partial charge in [-0.25, -0.2) is 0 Å². The van der Waals surface area contributed by atoms with Crippen molar-refractivity contribution < 1.29 is 4.42 Å². The zero-order valence-corrected chi connectivity index (χ0v) is 40.0. The Labute approximate surface area is 419 Å². The molecule has 15 rings (SSSR count). The Hall–Kier alpha value is -8.98. The molecule has 2 nitrogen and oxygen atoms in total. The number of benzene rings is 11. The number of furan rings is 1. The lowest BCUT2D eigenvalue weighted by molar-refractivity contribution is 0.660. The lowest BCUT2D eigenvalue weighted by Crippen LogP contribution is -2.26. The maximum Gasteiger partial charge on any atom is 0.143 e. The van der Waals surface area contributed by atoms with Gasteiger partial charge in [0.15, 0.2) is 0 Å². The molecule has 11 aromatic carbocycles. The molecule has 0 saturated carbocycles. The molecule has 0 amide bonds. The van der Waals surface area contributed by atoms with E-state index >= 15 is 0 Å². The van der Waals surface area contributed by atoms with Gasteiger partial charge in [0.2, 0.25) is 0 Å². The Balaban J connectivity index is 0.950. The van der Waals surface area contributed by atoms with Crippen LogP contribution in [0.2, 0.25) is 0 Å². The van der Waals surface area contributed by atoms with Gasteiger partial charge in [0, 0.05) is 44.3 Å². The van der Waals surface area contributed by atoms with Crippen LogP contribution in [0.1, 0.15) is 47.2 Å². The summed E-state index contributed by atoms with van der Waals surface area (Å²) >= 11 is 0. The first kappa shape index (κ1) is 40.9. The van der Waals surface area contributed by atoms with Crippen LogP contribution in [0.15, 0.2) is 253 Å². The summed E-state index contributed by atoms with van der Waals surface area (Å²) in [6.07, 6.45) is 0. The molecule has 0 saturated heterocycles. The summed E-state index contributed by atoms with van der Waals surface area (Å²) < 4.78 is 6.93. The van der Waals surface area contributed by atoms with Gasteiger partial charge in [-0.1, -0.05) is 232 Å². The molecular formula is C70H47NO. The molecule has 0 N–H and O–H groups in total. The third-order valence-corrected chi connectivity index (χ3v) is 16.3. The minimum atomic E-state index is -0.526. The zero-order chi connectivity index (χ0) is 47.7. The van der Waals surface area contributed by atoms with Crippen molar-refractivity contribution >= 4 is 39.0 Å². The van der Waals surface area contributed by atoms with Crippen LogP contribution in [-0.4, -0.2) is 0 Å². The van der Waals surface area contributed by atoms with E-state index in [1.54, 1.807) is 0 Å². The Kier molecular flexibility index (Phi) is 8.66. The van der Waals surface area contributed by atoms with Crippen LogP contribution in [0.4, 0.5) is 17.1 Å². The summed E-state index contributed by atoms with van der Waals surface area (Å²) in [6, 6.07) is 92.1. The quantitative estimate of drug-likeness (QED) is 0.165. The van der Waals surface area contributed by atoms with Crippen LogP contribution in [0.5, 0.6) is 0 Å². The normalized spacial score (nSPS) is 15.2. The van der Waals surface area contributed by atoms with Crippen LogP contribution in [0, 0.1) is 0 Å². The van der Waals surface area contributed by atoms with Gasteiger partial charge >= 0.3 is 0 Å². The predicted molar refractivity (Wildman–Crippen MR) is 299 cm³/mol. The van der Waals surface area contributed by atoms with E-state index < -0.39 is 5.41 Å². The highest BCUT2D eigenvalue weighted by Gasteiger charge is 2.53. The van der Waals surface area contributed by atoms with Gasteiger partial charge in [0.25, 0.3) is 0 Å². The largest absolute Gasteiger partial charge is 0.455 e. The van der Waals surface area contributed by atoms with Crippen molar-refractivity contribution in [1.29, 1.82) is 0 Å². The van der Waals surface area contributed by atoms with E-state index in [0.29, 0.717) is 0 Å². The van der Waals surface area contributed by atoms with E-state index in [-0.39, 0.29) is 5.41 Å². The summed E-state index contributed by atoms with van der Waals surface area (Å²) in [5.74, 6) is 0. The summed E-state index contributed by atoms with van der Waals surface area (Å²) in [5.41, 5.74) is 27.1. The van der Waals surface area contributed by atoms with Crippen molar-refractivity contribution in [3.05, 3.63) is 282 Å². The second kappa shape index (κ2) is 15.3. The predicted octanol–water partition coefficient (Wildman–Crippen LogP) is 18.7. The summed E-state index contributed by atoms with van der Waals surface area (Å²) in [6.45, 7) is 4.75. The lowest BCUT2D eigenvalue weighted by atomic mass is 9.70. The number of rotatable bonds is 6. The second-order valence-electron chi connectivity index (χ2n) is 20.3. The van der Waals surface area contributed by atoms with Gasteiger partial charge < -0.3 is 9.32 Å². The average molecular weight is 918 g/mol. The highest BCUT2D eigenvalue weighted by molar-refractivity contribution is 6.13. The van der Waals surface area contributed by atoms with E-state index in [0.717, 1.165) is 61.3 Å². The molecule has 1 aromatic heterocycles. The molecule has 72 heavy (non-hydrogen) atoms. The van der Waals surface area contributed by atoms with E-state index in [1.165, 1.54) is 77.9 Å². The summed E-state index contributed by atoms with van der Waals surface area (Å²) in [7, 11) is 0. The molecule has 2 heteroatoms. The minimum absolute atomic E-state index is 0.174. The van der Waals surface area contributed by atoms with Crippen molar-refractivity contribution in [2.75, 3.05) is 4.90 Å². The van der Waals surface area contributed by atoms with E-state index in [9.17, 15) is 0 Å². The molecule has 3 aliphatic rings. The lowest BCUT2D eigenvalue weighted by Gasteiger charge is -2.32. The molecule has 1 spiro atoms. The Morgan fingerprint density at radius 2 is 0.750 bits per heavy atom. The highest BCUT2D eigenvalue weighted by Crippen LogP contribution is 2.66. The number of para-hydroxylation sites is 2.